The van der Waals surface area contributed by atoms with Crippen LogP contribution in [0.3, 0.4) is 0 Å². The summed E-state index contributed by atoms with van der Waals surface area (Å²) >= 11 is 12.8. The maximum Gasteiger partial charge on any atom is 0.163 e. The van der Waals surface area contributed by atoms with E-state index < -0.39 is 0 Å². The Morgan fingerprint density at radius 1 is 0.882 bits per heavy atom. The van der Waals surface area contributed by atoms with Gasteiger partial charge in [0.2, 0.25) is 0 Å². The van der Waals surface area contributed by atoms with Crippen LogP contribution < -0.4 is 10.6 Å². The van der Waals surface area contributed by atoms with Gasteiger partial charge in [-0.25, -0.2) is 0 Å². The molecule has 5 heteroatoms. The van der Waals surface area contributed by atoms with E-state index in [1.54, 1.807) is 6.07 Å². The Kier molecular flexibility index (Phi) is 5.95. The first kappa shape index (κ1) is 23.0. The summed E-state index contributed by atoms with van der Waals surface area (Å²) in [5.41, 5.74) is 7.03. The number of Topliss-reactive ketones (excluding diaryl/α,β-unsaturated/α-hetero) is 1. The Morgan fingerprint density at radius 2 is 1.59 bits per heavy atom. The van der Waals surface area contributed by atoms with Crippen molar-refractivity contribution in [3.8, 4) is 0 Å². The van der Waals surface area contributed by atoms with Gasteiger partial charge in [-0.1, -0.05) is 86.4 Å². The molecule has 2 N–H and O–H groups in total. The van der Waals surface area contributed by atoms with Crippen LogP contribution in [0.4, 0.5) is 11.4 Å². The Balaban J connectivity index is 1.57. The molecule has 3 aromatic rings. The number of benzene rings is 3. The van der Waals surface area contributed by atoms with E-state index in [2.05, 4.69) is 55.7 Å². The maximum absolute atomic E-state index is 13.7. The summed E-state index contributed by atoms with van der Waals surface area (Å²) in [5, 5.41) is 8.28. The standard InChI is InChI=1S/C29H28Cl2N2O/c1-29(2,3)19-10-8-17(9-11-19)18-14-25-27(26(34)15-18)28(21-13-12-20(30)16-22(21)31)33-24-7-5-4-6-23(24)32-25/h4-13,16,18,28,32-33H,14-15H2,1-3H3. The van der Waals surface area contributed by atoms with E-state index in [4.69, 9.17) is 23.2 Å². The summed E-state index contributed by atoms with van der Waals surface area (Å²) in [4.78, 5) is 13.7. The fourth-order valence-electron chi connectivity index (χ4n) is 4.95. The van der Waals surface area contributed by atoms with Gasteiger partial charge in [0.25, 0.3) is 0 Å². The van der Waals surface area contributed by atoms with Crippen LogP contribution in [-0.4, -0.2) is 5.78 Å². The third kappa shape index (κ3) is 4.35. The highest BCUT2D eigenvalue weighted by atomic mass is 35.5. The second kappa shape index (κ2) is 8.79. The number of hydrogen-bond acceptors (Lipinski definition) is 3. The quantitative estimate of drug-likeness (QED) is 0.379. The Hall–Kier alpha value is -2.75. The van der Waals surface area contributed by atoms with Crippen molar-refractivity contribution in [3.63, 3.8) is 0 Å². The third-order valence-electron chi connectivity index (χ3n) is 6.83. The molecule has 0 amide bonds. The predicted molar refractivity (Wildman–Crippen MR) is 142 cm³/mol. The normalized spacial score (nSPS) is 20.1. The minimum absolute atomic E-state index is 0.0971. The number of hydrogen-bond donors (Lipinski definition) is 2. The van der Waals surface area contributed by atoms with Crippen LogP contribution in [0.1, 0.15) is 62.3 Å². The number of allylic oxidation sites excluding steroid dienone is 1. The summed E-state index contributed by atoms with van der Waals surface area (Å²) in [6, 6.07) is 21.9. The smallest absolute Gasteiger partial charge is 0.163 e. The molecule has 1 aliphatic heterocycles. The molecule has 2 atom stereocenters. The van der Waals surface area contributed by atoms with E-state index >= 15 is 0 Å². The molecule has 174 valence electrons. The van der Waals surface area contributed by atoms with Crippen LogP contribution in [0.15, 0.2) is 78.0 Å². The molecule has 0 spiro atoms. The largest absolute Gasteiger partial charge is 0.372 e. The molecule has 0 saturated heterocycles. The van der Waals surface area contributed by atoms with E-state index in [-0.39, 0.29) is 23.2 Å². The maximum atomic E-state index is 13.7. The zero-order valence-electron chi connectivity index (χ0n) is 19.6. The molecule has 3 aromatic carbocycles. The monoisotopic (exact) mass is 490 g/mol. The van der Waals surface area contributed by atoms with Crippen LogP contribution in [0, 0.1) is 0 Å². The highest BCUT2D eigenvalue weighted by Gasteiger charge is 2.36. The van der Waals surface area contributed by atoms with Gasteiger partial charge in [-0.2, -0.15) is 0 Å². The average molecular weight is 491 g/mol. The molecular weight excluding hydrogens is 463 g/mol. The van der Waals surface area contributed by atoms with Crippen molar-refractivity contribution in [1.29, 1.82) is 0 Å². The second-order valence-electron chi connectivity index (χ2n) is 10.2. The number of anilines is 2. The van der Waals surface area contributed by atoms with E-state index in [0.29, 0.717) is 16.5 Å². The van der Waals surface area contributed by atoms with Gasteiger partial charge in [0.15, 0.2) is 5.78 Å². The molecular formula is C29H28Cl2N2O. The Bertz CT molecular complexity index is 1290. The number of nitrogens with one attached hydrogen (secondary N) is 2. The molecule has 0 aromatic heterocycles. The lowest BCUT2D eigenvalue weighted by Gasteiger charge is -2.30. The Labute approximate surface area is 211 Å². The first-order valence-corrected chi connectivity index (χ1v) is 12.4. The topological polar surface area (TPSA) is 41.1 Å². The van der Waals surface area contributed by atoms with Gasteiger partial charge in [0.1, 0.15) is 0 Å². The van der Waals surface area contributed by atoms with Crippen molar-refractivity contribution in [2.24, 2.45) is 0 Å². The summed E-state index contributed by atoms with van der Waals surface area (Å²) in [7, 11) is 0. The number of carbonyl (C=O) groups is 1. The zero-order valence-corrected chi connectivity index (χ0v) is 21.1. The number of fused-ring (bicyclic) bond motifs is 1. The second-order valence-corrected chi connectivity index (χ2v) is 11.0. The van der Waals surface area contributed by atoms with Crippen molar-refractivity contribution < 1.29 is 4.79 Å². The van der Waals surface area contributed by atoms with Gasteiger partial charge in [-0.15, -0.1) is 0 Å². The van der Waals surface area contributed by atoms with Crippen molar-refractivity contribution in [3.05, 3.63) is 105 Å². The number of ketones is 1. The number of rotatable bonds is 2. The molecule has 3 nitrogen and oxygen atoms in total. The van der Waals surface area contributed by atoms with Gasteiger partial charge in [-0.3, -0.25) is 4.79 Å². The lowest BCUT2D eigenvalue weighted by atomic mass is 9.77. The summed E-state index contributed by atoms with van der Waals surface area (Å²) in [6.45, 7) is 6.64. The van der Waals surface area contributed by atoms with Crippen LogP contribution in [0.25, 0.3) is 0 Å². The van der Waals surface area contributed by atoms with E-state index in [0.717, 1.165) is 34.6 Å². The number of halogens is 2. The molecule has 2 aliphatic rings. The van der Waals surface area contributed by atoms with Crippen molar-refractivity contribution >= 4 is 40.4 Å². The van der Waals surface area contributed by atoms with Crippen LogP contribution in [0.2, 0.25) is 10.0 Å². The molecule has 0 bridgehead atoms. The molecule has 1 aliphatic carbocycles. The van der Waals surface area contributed by atoms with Crippen molar-refractivity contribution in [2.75, 3.05) is 10.6 Å². The van der Waals surface area contributed by atoms with Crippen LogP contribution in [-0.2, 0) is 10.2 Å². The average Bonchev–Trinajstić information content (AvgIpc) is 2.95. The fourth-order valence-corrected chi connectivity index (χ4v) is 5.47. The molecule has 2 unspecified atom stereocenters. The fraction of sp³-hybridized carbons (Fsp3) is 0.276. The van der Waals surface area contributed by atoms with Crippen LogP contribution in [0.5, 0.6) is 0 Å². The minimum Gasteiger partial charge on any atom is -0.372 e. The first-order valence-electron chi connectivity index (χ1n) is 11.6. The molecule has 0 radical (unpaired) electrons. The van der Waals surface area contributed by atoms with E-state index in [1.807, 2.05) is 36.4 Å². The predicted octanol–water partition coefficient (Wildman–Crippen LogP) is 8.27. The highest BCUT2D eigenvalue weighted by molar-refractivity contribution is 6.35. The summed E-state index contributed by atoms with van der Waals surface area (Å²) < 4.78 is 0. The molecule has 0 fully saturated rings. The molecule has 0 saturated carbocycles. The van der Waals surface area contributed by atoms with Gasteiger partial charge in [-0.05, 0) is 58.7 Å². The lowest BCUT2D eigenvalue weighted by molar-refractivity contribution is -0.116. The highest BCUT2D eigenvalue weighted by Crippen LogP contribution is 2.45. The van der Waals surface area contributed by atoms with Crippen LogP contribution >= 0.6 is 23.2 Å². The lowest BCUT2D eigenvalue weighted by Crippen LogP contribution is -2.27. The zero-order chi connectivity index (χ0) is 24.0. The van der Waals surface area contributed by atoms with Crippen molar-refractivity contribution in [2.45, 2.75) is 51.0 Å². The Morgan fingerprint density at radius 3 is 2.26 bits per heavy atom. The van der Waals surface area contributed by atoms with E-state index in [9.17, 15) is 4.79 Å². The third-order valence-corrected chi connectivity index (χ3v) is 7.39. The molecule has 1 heterocycles. The van der Waals surface area contributed by atoms with Gasteiger partial charge >= 0.3 is 0 Å². The SMILES string of the molecule is CC(C)(C)c1ccc(C2CC(=O)C3=C(C2)Nc2ccccc2NC3c2ccc(Cl)cc2Cl)cc1. The first-order chi connectivity index (χ1) is 16.2. The molecule has 5 rings (SSSR count). The molecule has 34 heavy (non-hydrogen) atoms. The van der Waals surface area contributed by atoms with Gasteiger partial charge in [0.05, 0.1) is 17.4 Å². The minimum atomic E-state index is -0.354. The van der Waals surface area contributed by atoms with Gasteiger partial charge < -0.3 is 10.6 Å². The van der Waals surface area contributed by atoms with Gasteiger partial charge in [0, 0.05) is 27.7 Å². The van der Waals surface area contributed by atoms with Crippen molar-refractivity contribution in [1.82, 2.24) is 0 Å². The number of carbonyl (C=O) groups excluding carboxylic acids is 1. The van der Waals surface area contributed by atoms with E-state index in [1.165, 1.54) is 11.1 Å². The number of para-hydroxylation sites is 2. The summed E-state index contributed by atoms with van der Waals surface area (Å²) in [5.74, 6) is 0.259. The summed E-state index contributed by atoms with van der Waals surface area (Å²) in [6.07, 6.45) is 1.22.